The van der Waals surface area contributed by atoms with E-state index in [1.54, 1.807) is 17.5 Å². The van der Waals surface area contributed by atoms with Crippen LogP contribution in [-0.4, -0.2) is 37.9 Å². The number of primary amides is 1. The highest BCUT2D eigenvalue weighted by molar-refractivity contribution is 7.11. The van der Waals surface area contributed by atoms with E-state index in [1.807, 2.05) is 0 Å². The third-order valence-corrected chi connectivity index (χ3v) is 5.41. The minimum Gasteiger partial charge on any atom is -0.455 e. The molecule has 0 spiro atoms. The number of hydrogen-bond acceptors (Lipinski definition) is 7. The second-order valence-electron chi connectivity index (χ2n) is 6.05. The summed E-state index contributed by atoms with van der Waals surface area (Å²) in [4.78, 5) is 37.9. The van der Waals surface area contributed by atoms with E-state index in [0.29, 0.717) is 9.78 Å². The van der Waals surface area contributed by atoms with Crippen LogP contribution in [0.3, 0.4) is 0 Å². The second kappa shape index (κ2) is 8.82. The zero-order valence-corrected chi connectivity index (χ0v) is 17.4. The molecule has 1 atom stereocenters. The van der Waals surface area contributed by atoms with Crippen LogP contribution in [0.25, 0.3) is 11.3 Å². The normalized spacial score (nSPS) is 15.6. The summed E-state index contributed by atoms with van der Waals surface area (Å²) in [6.45, 7) is 0.952. The van der Waals surface area contributed by atoms with Gasteiger partial charge in [-0.25, -0.2) is 18.9 Å². The highest BCUT2D eigenvalue weighted by atomic mass is 35.5. The molecule has 158 valence electrons. The molecule has 1 unspecified atom stereocenters. The highest BCUT2D eigenvalue weighted by Crippen LogP contribution is 2.43. The third-order valence-electron chi connectivity index (χ3n) is 4.25. The first kappa shape index (κ1) is 21.8. The van der Waals surface area contributed by atoms with Crippen molar-refractivity contribution in [1.29, 1.82) is 0 Å². The van der Waals surface area contributed by atoms with Crippen molar-refractivity contribution in [3.63, 3.8) is 0 Å². The van der Waals surface area contributed by atoms with Crippen LogP contribution >= 0.6 is 22.9 Å². The minimum absolute atomic E-state index is 0.000377. The summed E-state index contributed by atoms with van der Waals surface area (Å²) in [7, 11) is 1.35. The Hall–Kier alpha value is -2.95. The maximum absolute atomic E-state index is 14.2. The first-order valence-electron chi connectivity index (χ1n) is 8.50. The Morgan fingerprint density at radius 1 is 1.33 bits per heavy atom. The number of hydrogen-bond donors (Lipinski definition) is 1. The van der Waals surface area contributed by atoms with Crippen molar-refractivity contribution in [2.24, 2.45) is 5.73 Å². The molecule has 2 heterocycles. The number of anilines is 1. The Morgan fingerprint density at radius 3 is 2.67 bits per heavy atom. The quantitative estimate of drug-likeness (QED) is 0.310. The second-order valence-corrected chi connectivity index (χ2v) is 7.40. The van der Waals surface area contributed by atoms with Gasteiger partial charge in [-0.1, -0.05) is 17.7 Å². The van der Waals surface area contributed by atoms with E-state index in [9.17, 15) is 18.8 Å². The summed E-state index contributed by atoms with van der Waals surface area (Å²) in [5, 5.41) is 1.45. The first-order valence-corrected chi connectivity index (χ1v) is 9.75. The van der Waals surface area contributed by atoms with Crippen LogP contribution in [-0.2, 0) is 23.8 Å². The molecule has 11 heteroatoms. The number of rotatable bonds is 6. The summed E-state index contributed by atoms with van der Waals surface area (Å²) in [5.74, 6) is -2.29. The van der Waals surface area contributed by atoms with Crippen LogP contribution in [0.2, 0.25) is 5.02 Å². The molecule has 0 fully saturated rings. The lowest BCUT2D eigenvalue weighted by molar-refractivity contribution is -0.162. The molecule has 8 nitrogen and oxygen atoms in total. The van der Waals surface area contributed by atoms with Gasteiger partial charge in [0.1, 0.15) is 5.82 Å². The Kier molecular flexibility index (Phi) is 6.40. The van der Waals surface area contributed by atoms with Gasteiger partial charge >= 0.3 is 12.0 Å². The molecular weight excluding hydrogens is 439 g/mol. The molecule has 1 aromatic heterocycles. The number of carbonyl (C=O) groups is 3. The molecule has 3 rings (SSSR count). The fourth-order valence-corrected chi connectivity index (χ4v) is 3.62. The molecule has 1 aliphatic rings. The molecule has 0 saturated heterocycles. The van der Waals surface area contributed by atoms with E-state index in [-0.39, 0.29) is 27.6 Å². The topological polar surface area (TPSA) is 108 Å². The minimum atomic E-state index is -1.06. The van der Waals surface area contributed by atoms with Gasteiger partial charge in [0.15, 0.2) is 11.9 Å². The Labute approximate surface area is 179 Å². The molecule has 1 aromatic carbocycles. The number of urea groups is 1. The Morgan fingerprint density at radius 2 is 2.07 bits per heavy atom. The van der Waals surface area contributed by atoms with Crippen LogP contribution in [0.5, 0.6) is 0 Å². The van der Waals surface area contributed by atoms with E-state index in [2.05, 4.69) is 0 Å². The van der Waals surface area contributed by atoms with E-state index < -0.39 is 36.6 Å². The number of carbonyl (C=O) groups excluding carboxylic acids is 3. The lowest BCUT2D eigenvalue weighted by atomic mass is 10.0. The molecule has 2 aromatic rings. The predicted molar refractivity (Wildman–Crippen MR) is 108 cm³/mol. The highest BCUT2D eigenvalue weighted by Gasteiger charge is 2.40. The maximum atomic E-state index is 14.2. The number of fused-ring (bicyclic) bond motifs is 1. The monoisotopic (exact) mass is 454 g/mol. The van der Waals surface area contributed by atoms with Crippen molar-refractivity contribution in [3.05, 3.63) is 50.9 Å². The summed E-state index contributed by atoms with van der Waals surface area (Å²) in [6.07, 6.45) is -0.818. The number of benzene rings is 1. The van der Waals surface area contributed by atoms with E-state index in [1.165, 1.54) is 25.4 Å². The number of amides is 3. The fraction of sp³-hybridized carbons (Fsp3) is 0.211. The van der Waals surface area contributed by atoms with Gasteiger partial charge in [0.25, 0.3) is 5.91 Å². The van der Waals surface area contributed by atoms with Gasteiger partial charge in [-0.3, -0.25) is 4.79 Å². The Balaban J connectivity index is 2.08. The molecule has 3 amide bonds. The zero-order chi connectivity index (χ0) is 22.0. The Bertz CT molecular complexity index is 1040. The molecule has 0 bridgehead atoms. The van der Waals surface area contributed by atoms with E-state index in [0.717, 1.165) is 12.1 Å². The standard InChI is InChI=1S/C19H16ClFN2O6S/c1-9(27-2)18(25)29-8-28-16(14-4-3-5-30-14)15-10-6-12(21)11(20)7-13(10)23(17(15)24)19(22)26/h3-7,9H,8H2,1-2H3,(H2,22,26)/b16-15+. The fourth-order valence-electron chi connectivity index (χ4n) is 2.73. The average Bonchev–Trinajstić information content (AvgIpc) is 3.32. The molecule has 30 heavy (non-hydrogen) atoms. The van der Waals surface area contributed by atoms with Crippen LogP contribution in [0.15, 0.2) is 29.6 Å². The lowest BCUT2D eigenvalue weighted by Gasteiger charge is -2.14. The molecule has 0 radical (unpaired) electrons. The summed E-state index contributed by atoms with van der Waals surface area (Å²) in [6, 6.07) is 4.44. The molecule has 0 saturated carbocycles. The summed E-state index contributed by atoms with van der Waals surface area (Å²) < 4.78 is 29.6. The van der Waals surface area contributed by atoms with Gasteiger partial charge in [0.2, 0.25) is 6.79 Å². The molecule has 0 aliphatic carbocycles. The molecular formula is C19H16ClFN2O6S. The summed E-state index contributed by atoms with van der Waals surface area (Å²) in [5.41, 5.74) is 5.33. The number of esters is 1. The number of nitrogens with zero attached hydrogens (tertiary/aromatic N) is 1. The third kappa shape index (κ3) is 4.02. The number of imide groups is 1. The summed E-state index contributed by atoms with van der Waals surface area (Å²) >= 11 is 7.05. The predicted octanol–water partition coefficient (Wildman–Crippen LogP) is 3.39. The van der Waals surface area contributed by atoms with Crippen molar-refractivity contribution in [2.45, 2.75) is 13.0 Å². The maximum Gasteiger partial charge on any atom is 0.337 e. The van der Waals surface area contributed by atoms with Gasteiger partial charge in [0, 0.05) is 12.7 Å². The van der Waals surface area contributed by atoms with Crippen LogP contribution in [0, 0.1) is 5.82 Å². The molecule has 2 N–H and O–H groups in total. The van der Waals surface area contributed by atoms with Crippen molar-refractivity contribution in [1.82, 2.24) is 0 Å². The molecule has 1 aliphatic heterocycles. The van der Waals surface area contributed by atoms with Crippen LogP contribution < -0.4 is 10.6 Å². The largest absolute Gasteiger partial charge is 0.455 e. The number of ether oxygens (including phenoxy) is 3. The van der Waals surface area contributed by atoms with Gasteiger partial charge in [-0.05, 0) is 30.5 Å². The van der Waals surface area contributed by atoms with Crippen molar-refractivity contribution in [2.75, 3.05) is 18.8 Å². The van der Waals surface area contributed by atoms with Crippen LogP contribution in [0.4, 0.5) is 14.9 Å². The van der Waals surface area contributed by atoms with Crippen molar-refractivity contribution < 1.29 is 33.0 Å². The van der Waals surface area contributed by atoms with E-state index in [4.69, 9.17) is 31.5 Å². The number of halogens is 2. The van der Waals surface area contributed by atoms with Gasteiger partial charge in [-0.2, -0.15) is 0 Å². The average molecular weight is 455 g/mol. The van der Waals surface area contributed by atoms with Crippen LogP contribution in [0.1, 0.15) is 17.4 Å². The van der Waals surface area contributed by atoms with E-state index >= 15 is 0 Å². The smallest absolute Gasteiger partial charge is 0.337 e. The zero-order valence-electron chi connectivity index (χ0n) is 15.8. The van der Waals surface area contributed by atoms with Gasteiger partial charge in [0.05, 0.1) is 21.2 Å². The first-order chi connectivity index (χ1) is 14.3. The number of nitrogens with two attached hydrogens (primary N) is 1. The lowest BCUT2D eigenvalue weighted by Crippen LogP contribution is -2.38. The van der Waals surface area contributed by atoms with Gasteiger partial charge < -0.3 is 19.9 Å². The number of methoxy groups -OCH3 is 1. The number of thiophene rings is 1. The van der Waals surface area contributed by atoms with Crippen molar-refractivity contribution in [3.8, 4) is 0 Å². The van der Waals surface area contributed by atoms with Gasteiger partial charge in [-0.15, -0.1) is 11.3 Å². The van der Waals surface area contributed by atoms with Crippen molar-refractivity contribution >= 4 is 57.9 Å². The SMILES string of the molecule is COC(C)C(=O)OCO/C(=C1/C(=O)N(C(N)=O)c2cc(Cl)c(F)cc21)c1cccs1.